The molecule has 3 heteroatoms. The lowest BCUT2D eigenvalue weighted by Crippen LogP contribution is -2.20. The van der Waals surface area contributed by atoms with Gasteiger partial charge in [-0.25, -0.2) is 4.98 Å². The number of aromatic nitrogens is 1. The van der Waals surface area contributed by atoms with Crippen molar-refractivity contribution < 1.29 is 4.42 Å². The fourth-order valence-electron chi connectivity index (χ4n) is 2.83. The van der Waals surface area contributed by atoms with E-state index in [1.807, 2.05) is 13.8 Å². The van der Waals surface area contributed by atoms with E-state index < -0.39 is 0 Å². The normalized spacial score (nSPS) is 12.7. The summed E-state index contributed by atoms with van der Waals surface area (Å²) in [7, 11) is 0. The summed E-state index contributed by atoms with van der Waals surface area (Å²) in [5, 5.41) is 3.50. The molecule has 0 spiro atoms. The maximum Gasteiger partial charge on any atom is 0.208 e. The molecule has 1 aromatic heterocycles. The summed E-state index contributed by atoms with van der Waals surface area (Å²) in [6.45, 7) is 13.2. The van der Waals surface area contributed by atoms with E-state index in [9.17, 15) is 0 Å². The van der Waals surface area contributed by atoms with Crippen LogP contribution in [0.1, 0.15) is 52.6 Å². The minimum Gasteiger partial charge on any atom is -0.444 e. The monoisotopic (exact) mass is 272 g/mol. The highest BCUT2D eigenvalue weighted by molar-refractivity contribution is 5.39. The standard InChI is InChI=1S/C17H24N2O/c1-10-7-11(2)17(12(3)8-10)14(5)18-9-16-19-13(4)15(6)20-16/h7-8,14,18H,9H2,1-6H3. The minimum absolute atomic E-state index is 0.281. The van der Waals surface area contributed by atoms with Crippen molar-refractivity contribution in [2.45, 2.75) is 54.1 Å². The maximum absolute atomic E-state index is 5.61. The Morgan fingerprint density at radius 1 is 1.10 bits per heavy atom. The van der Waals surface area contributed by atoms with E-state index in [0.717, 1.165) is 17.3 Å². The van der Waals surface area contributed by atoms with Crippen molar-refractivity contribution in [1.29, 1.82) is 0 Å². The van der Waals surface area contributed by atoms with Gasteiger partial charge in [0.15, 0.2) is 0 Å². The fraction of sp³-hybridized carbons (Fsp3) is 0.471. The van der Waals surface area contributed by atoms with Crippen LogP contribution in [0.5, 0.6) is 0 Å². The van der Waals surface area contributed by atoms with Crippen LogP contribution in [-0.2, 0) is 6.54 Å². The van der Waals surface area contributed by atoms with Gasteiger partial charge in [0, 0.05) is 6.04 Å². The third kappa shape index (κ3) is 3.10. The van der Waals surface area contributed by atoms with E-state index in [1.54, 1.807) is 0 Å². The Kier molecular flexibility index (Phi) is 4.29. The summed E-state index contributed by atoms with van der Waals surface area (Å²) in [5.41, 5.74) is 6.33. The number of hydrogen-bond donors (Lipinski definition) is 1. The summed E-state index contributed by atoms with van der Waals surface area (Å²) >= 11 is 0. The minimum atomic E-state index is 0.281. The Hall–Kier alpha value is -1.61. The van der Waals surface area contributed by atoms with Gasteiger partial charge in [-0.15, -0.1) is 0 Å². The molecule has 0 aliphatic heterocycles. The van der Waals surface area contributed by atoms with Crippen molar-refractivity contribution in [1.82, 2.24) is 10.3 Å². The molecule has 3 nitrogen and oxygen atoms in total. The van der Waals surface area contributed by atoms with Gasteiger partial charge in [0.1, 0.15) is 5.76 Å². The number of hydrogen-bond acceptors (Lipinski definition) is 3. The molecule has 0 fully saturated rings. The highest BCUT2D eigenvalue weighted by atomic mass is 16.4. The van der Waals surface area contributed by atoms with Crippen molar-refractivity contribution in [2.24, 2.45) is 0 Å². The SMILES string of the molecule is Cc1cc(C)c(C(C)NCc2nc(C)c(C)o2)c(C)c1. The van der Waals surface area contributed by atoms with Gasteiger partial charge >= 0.3 is 0 Å². The van der Waals surface area contributed by atoms with Crippen LogP contribution in [0, 0.1) is 34.6 Å². The van der Waals surface area contributed by atoms with E-state index >= 15 is 0 Å². The zero-order valence-corrected chi connectivity index (χ0v) is 13.3. The molecule has 1 aromatic carbocycles. The Morgan fingerprint density at radius 2 is 1.70 bits per heavy atom. The van der Waals surface area contributed by atoms with Crippen molar-refractivity contribution in [3.05, 3.63) is 51.7 Å². The molecule has 20 heavy (non-hydrogen) atoms. The molecule has 0 radical (unpaired) electrons. The molecule has 0 saturated heterocycles. The zero-order chi connectivity index (χ0) is 14.9. The summed E-state index contributed by atoms with van der Waals surface area (Å²) in [5.74, 6) is 1.66. The predicted molar refractivity (Wildman–Crippen MR) is 81.9 cm³/mol. The van der Waals surface area contributed by atoms with Gasteiger partial charge in [0.25, 0.3) is 0 Å². The lowest BCUT2D eigenvalue weighted by molar-refractivity contribution is 0.431. The van der Waals surface area contributed by atoms with Crippen LogP contribution in [0.2, 0.25) is 0 Å². The van der Waals surface area contributed by atoms with Crippen molar-refractivity contribution in [3.8, 4) is 0 Å². The topological polar surface area (TPSA) is 38.1 Å². The molecule has 1 N–H and O–H groups in total. The van der Waals surface area contributed by atoms with Crippen molar-refractivity contribution >= 4 is 0 Å². The van der Waals surface area contributed by atoms with E-state index in [4.69, 9.17) is 4.42 Å². The van der Waals surface area contributed by atoms with E-state index in [1.165, 1.54) is 22.3 Å². The number of nitrogens with one attached hydrogen (secondary N) is 1. The first-order valence-corrected chi connectivity index (χ1v) is 7.12. The molecule has 0 saturated carbocycles. The van der Waals surface area contributed by atoms with Crippen LogP contribution < -0.4 is 5.32 Å². The highest BCUT2D eigenvalue weighted by Crippen LogP contribution is 2.23. The third-order valence-corrected chi connectivity index (χ3v) is 3.80. The Bertz CT molecular complexity index is 571. The Morgan fingerprint density at radius 3 is 2.20 bits per heavy atom. The van der Waals surface area contributed by atoms with Gasteiger partial charge in [-0.3, -0.25) is 0 Å². The molecule has 108 valence electrons. The van der Waals surface area contributed by atoms with Crippen LogP contribution in [0.15, 0.2) is 16.5 Å². The zero-order valence-electron chi connectivity index (χ0n) is 13.3. The second-order valence-electron chi connectivity index (χ2n) is 5.66. The molecule has 0 bridgehead atoms. The van der Waals surface area contributed by atoms with Crippen LogP contribution in [0.3, 0.4) is 0 Å². The third-order valence-electron chi connectivity index (χ3n) is 3.80. The lowest BCUT2D eigenvalue weighted by atomic mass is 9.95. The summed E-state index contributed by atoms with van der Waals surface area (Å²) < 4.78 is 5.61. The van der Waals surface area contributed by atoms with Gasteiger partial charge in [-0.2, -0.15) is 0 Å². The predicted octanol–water partition coefficient (Wildman–Crippen LogP) is 4.07. The molecule has 1 heterocycles. The van der Waals surface area contributed by atoms with Crippen LogP contribution in [-0.4, -0.2) is 4.98 Å². The molecule has 1 atom stereocenters. The van der Waals surface area contributed by atoms with Crippen LogP contribution >= 0.6 is 0 Å². The first-order chi connectivity index (χ1) is 9.38. The van der Waals surface area contributed by atoms with Crippen LogP contribution in [0.25, 0.3) is 0 Å². The van der Waals surface area contributed by atoms with Gasteiger partial charge in [-0.1, -0.05) is 17.7 Å². The summed E-state index contributed by atoms with van der Waals surface area (Å²) in [4.78, 5) is 4.41. The van der Waals surface area contributed by atoms with Crippen LogP contribution in [0.4, 0.5) is 0 Å². The second-order valence-corrected chi connectivity index (χ2v) is 5.66. The molecule has 0 aliphatic carbocycles. The van der Waals surface area contributed by atoms with Crippen molar-refractivity contribution in [3.63, 3.8) is 0 Å². The first-order valence-electron chi connectivity index (χ1n) is 7.12. The number of aryl methyl sites for hydroxylation is 5. The maximum atomic E-state index is 5.61. The van der Waals surface area contributed by atoms with E-state index in [2.05, 4.69) is 50.1 Å². The number of nitrogens with zero attached hydrogens (tertiary/aromatic N) is 1. The van der Waals surface area contributed by atoms with Gasteiger partial charge in [-0.05, 0) is 58.2 Å². The molecule has 2 aromatic rings. The number of rotatable bonds is 4. The molecule has 2 rings (SSSR count). The van der Waals surface area contributed by atoms with E-state index in [-0.39, 0.29) is 6.04 Å². The molecule has 0 aliphatic rings. The number of oxazole rings is 1. The Balaban J connectivity index is 2.10. The Labute approximate surface area is 121 Å². The summed E-state index contributed by atoms with van der Waals surface area (Å²) in [6.07, 6.45) is 0. The highest BCUT2D eigenvalue weighted by Gasteiger charge is 2.13. The molecular formula is C17H24N2O. The average Bonchev–Trinajstić information content (AvgIpc) is 2.65. The molecule has 0 amide bonds. The van der Waals surface area contributed by atoms with Gasteiger partial charge < -0.3 is 9.73 Å². The lowest BCUT2D eigenvalue weighted by Gasteiger charge is -2.19. The largest absolute Gasteiger partial charge is 0.444 e. The second kappa shape index (κ2) is 5.80. The smallest absolute Gasteiger partial charge is 0.208 e. The van der Waals surface area contributed by atoms with Gasteiger partial charge in [0.2, 0.25) is 5.89 Å². The summed E-state index contributed by atoms with van der Waals surface area (Å²) in [6, 6.07) is 4.75. The molecule has 1 unspecified atom stereocenters. The first kappa shape index (κ1) is 14.8. The van der Waals surface area contributed by atoms with Crippen molar-refractivity contribution in [2.75, 3.05) is 0 Å². The average molecular weight is 272 g/mol. The number of benzene rings is 1. The molecular weight excluding hydrogens is 248 g/mol. The van der Waals surface area contributed by atoms with Gasteiger partial charge in [0.05, 0.1) is 12.2 Å². The fourth-order valence-corrected chi connectivity index (χ4v) is 2.83. The van der Waals surface area contributed by atoms with E-state index in [0.29, 0.717) is 6.54 Å². The quantitative estimate of drug-likeness (QED) is 0.911.